The molecule has 2 heterocycles. The van der Waals surface area contributed by atoms with Gasteiger partial charge in [0.1, 0.15) is 12.4 Å². The maximum atomic E-state index is 5.81. The van der Waals surface area contributed by atoms with Crippen LogP contribution in [-0.2, 0) is 26.1 Å². The maximum Gasteiger partial charge on any atom is 0.150 e. The summed E-state index contributed by atoms with van der Waals surface area (Å²) in [4.78, 5) is 4.26. The minimum atomic E-state index is 0.468. The lowest BCUT2D eigenvalue weighted by atomic mass is 10.2. The smallest absolute Gasteiger partial charge is 0.150 e. The van der Waals surface area contributed by atoms with Gasteiger partial charge in [-0.2, -0.15) is 0 Å². The third-order valence-corrected chi connectivity index (χ3v) is 3.75. The number of ether oxygens (including phenoxy) is 1. The number of nitrogens with one attached hydrogen (secondary N) is 1. The third kappa shape index (κ3) is 5.43. The molecule has 0 bridgehead atoms. The highest BCUT2D eigenvalue weighted by Crippen LogP contribution is 2.15. The minimum absolute atomic E-state index is 0.468. The van der Waals surface area contributed by atoms with Crippen LogP contribution in [0.4, 0.5) is 0 Å². The molecule has 0 atom stereocenters. The molecule has 0 saturated heterocycles. The van der Waals surface area contributed by atoms with Crippen LogP contribution in [0.2, 0.25) is 0 Å². The van der Waals surface area contributed by atoms with Crippen LogP contribution in [0.25, 0.3) is 0 Å². The van der Waals surface area contributed by atoms with Crippen molar-refractivity contribution < 1.29 is 9.26 Å². The Morgan fingerprint density at radius 2 is 2.00 bits per heavy atom. The van der Waals surface area contributed by atoms with Crippen LogP contribution in [0.15, 0.2) is 59.3 Å². The van der Waals surface area contributed by atoms with Crippen molar-refractivity contribution in [3.8, 4) is 5.75 Å². The summed E-state index contributed by atoms with van der Waals surface area (Å²) in [6.45, 7) is 4.01. The van der Waals surface area contributed by atoms with Crippen LogP contribution in [0.1, 0.15) is 36.1 Å². The first-order chi connectivity index (χ1) is 12.3. The molecule has 0 saturated carbocycles. The van der Waals surface area contributed by atoms with Crippen LogP contribution >= 0.6 is 0 Å². The largest absolute Gasteiger partial charge is 0.487 e. The quantitative estimate of drug-likeness (QED) is 0.642. The summed E-state index contributed by atoms with van der Waals surface area (Å²) < 4.78 is 11.1. The molecule has 0 aliphatic rings. The molecule has 130 valence electrons. The monoisotopic (exact) mass is 337 g/mol. The van der Waals surface area contributed by atoms with E-state index in [1.807, 2.05) is 42.5 Å². The summed E-state index contributed by atoms with van der Waals surface area (Å²) in [5, 5.41) is 7.43. The number of hydrogen-bond acceptors (Lipinski definition) is 5. The highest BCUT2D eigenvalue weighted by atomic mass is 16.5. The maximum absolute atomic E-state index is 5.81. The van der Waals surface area contributed by atoms with E-state index in [-0.39, 0.29) is 0 Å². The second kappa shape index (κ2) is 8.99. The van der Waals surface area contributed by atoms with Crippen LogP contribution in [0, 0.1) is 0 Å². The number of nitrogens with zero attached hydrogens (tertiary/aromatic N) is 2. The van der Waals surface area contributed by atoms with Gasteiger partial charge in [0.25, 0.3) is 0 Å². The Morgan fingerprint density at radius 1 is 1.04 bits per heavy atom. The molecule has 1 N–H and O–H groups in total. The van der Waals surface area contributed by atoms with Gasteiger partial charge >= 0.3 is 0 Å². The Bertz CT molecular complexity index is 771. The standard InChI is InChI=1S/C20H23N3O2/c1-2-6-17-12-20(25-23-17)14-21-13-16-7-5-9-19(11-16)24-15-18-8-3-4-10-22-18/h3-5,7-12,21H,2,6,13-15H2,1H3. The molecule has 25 heavy (non-hydrogen) atoms. The second-order valence-electron chi connectivity index (χ2n) is 5.90. The molecular formula is C20H23N3O2. The van der Waals surface area contributed by atoms with E-state index in [0.717, 1.165) is 47.8 Å². The first-order valence-electron chi connectivity index (χ1n) is 8.60. The predicted octanol–water partition coefficient (Wildman–Crippen LogP) is 3.89. The number of aromatic nitrogens is 2. The van der Waals surface area contributed by atoms with Crippen molar-refractivity contribution >= 4 is 0 Å². The molecule has 0 fully saturated rings. The normalized spacial score (nSPS) is 10.8. The summed E-state index contributed by atoms with van der Waals surface area (Å²) in [6, 6.07) is 15.9. The van der Waals surface area contributed by atoms with E-state index in [4.69, 9.17) is 9.26 Å². The van der Waals surface area contributed by atoms with Crippen molar-refractivity contribution in [3.05, 3.63) is 77.4 Å². The van der Waals surface area contributed by atoms with Gasteiger partial charge in [-0.05, 0) is 36.2 Å². The minimum Gasteiger partial charge on any atom is -0.487 e. The molecule has 5 heteroatoms. The Morgan fingerprint density at radius 3 is 2.84 bits per heavy atom. The van der Waals surface area contributed by atoms with Gasteiger partial charge in [-0.25, -0.2) is 0 Å². The fourth-order valence-electron chi connectivity index (χ4n) is 2.53. The summed E-state index contributed by atoms with van der Waals surface area (Å²) in [5.74, 6) is 1.71. The average molecular weight is 337 g/mol. The lowest BCUT2D eigenvalue weighted by Crippen LogP contribution is -2.12. The van der Waals surface area contributed by atoms with Crippen molar-refractivity contribution in [3.63, 3.8) is 0 Å². The van der Waals surface area contributed by atoms with Gasteiger partial charge in [0.2, 0.25) is 0 Å². The molecule has 0 aliphatic carbocycles. The Hall–Kier alpha value is -2.66. The Balaban J connectivity index is 1.47. The first-order valence-corrected chi connectivity index (χ1v) is 8.60. The predicted molar refractivity (Wildman–Crippen MR) is 96.1 cm³/mol. The number of pyridine rings is 1. The Labute approximate surface area is 148 Å². The van der Waals surface area contributed by atoms with Gasteiger partial charge < -0.3 is 14.6 Å². The lowest BCUT2D eigenvalue weighted by molar-refractivity contribution is 0.301. The SMILES string of the molecule is CCCc1cc(CNCc2cccc(OCc3ccccn3)c2)on1. The summed E-state index contributed by atoms with van der Waals surface area (Å²) in [7, 11) is 0. The summed E-state index contributed by atoms with van der Waals surface area (Å²) in [6.07, 6.45) is 3.80. The van der Waals surface area contributed by atoms with E-state index in [0.29, 0.717) is 13.2 Å². The molecule has 1 aromatic carbocycles. The zero-order valence-electron chi connectivity index (χ0n) is 14.4. The van der Waals surface area contributed by atoms with E-state index in [2.05, 4.69) is 28.4 Å². The van der Waals surface area contributed by atoms with Gasteiger partial charge in [0.15, 0.2) is 5.76 Å². The molecule has 0 spiro atoms. The fraction of sp³-hybridized carbons (Fsp3) is 0.300. The Kier molecular flexibility index (Phi) is 6.17. The van der Waals surface area contributed by atoms with Gasteiger partial charge in [-0.15, -0.1) is 0 Å². The molecule has 0 aliphatic heterocycles. The van der Waals surface area contributed by atoms with Crippen LogP contribution in [-0.4, -0.2) is 10.1 Å². The third-order valence-electron chi connectivity index (χ3n) is 3.75. The van der Waals surface area contributed by atoms with Crippen molar-refractivity contribution in [1.82, 2.24) is 15.5 Å². The molecule has 2 aromatic heterocycles. The second-order valence-corrected chi connectivity index (χ2v) is 5.90. The fourth-order valence-corrected chi connectivity index (χ4v) is 2.53. The number of rotatable bonds is 9. The molecule has 0 unspecified atom stereocenters. The van der Waals surface area contributed by atoms with E-state index in [1.165, 1.54) is 0 Å². The van der Waals surface area contributed by atoms with Crippen molar-refractivity contribution in [2.45, 2.75) is 39.5 Å². The van der Waals surface area contributed by atoms with E-state index in [1.54, 1.807) is 6.20 Å². The van der Waals surface area contributed by atoms with Gasteiger partial charge in [0, 0.05) is 18.8 Å². The van der Waals surface area contributed by atoms with E-state index >= 15 is 0 Å². The molecule has 0 radical (unpaired) electrons. The van der Waals surface area contributed by atoms with E-state index < -0.39 is 0 Å². The number of hydrogen-bond donors (Lipinski definition) is 1. The molecule has 0 amide bonds. The number of aryl methyl sites for hydroxylation is 1. The average Bonchev–Trinajstić information content (AvgIpc) is 3.09. The van der Waals surface area contributed by atoms with Crippen molar-refractivity contribution in [2.75, 3.05) is 0 Å². The van der Waals surface area contributed by atoms with E-state index in [9.17, 15) is 0 Å². The highest BCUT2D eigenvalue weighted by molar-refractivity contribution is 5.28. The van der Waals surface area contributed by atoms with Gasteiger partial charge in [-0.1, -0.05) is 36.7 Å². The van der Waals surface area contributed by atoms with Gasteiger partial charge in [0.05, 0.1) is 17.9 Å². The molecule has 3 rings (SSSR count). The van der Waals surface area contributed by atoms with Crippen LogP contribution < -0.4 is 10.1 Å². The zero-order chi connectivity index (χ0) is 17.3. The molecular weight excluding hydrogens is 314 g/mol. The van der Waals surface area contributed by atoms with Crippen molar-refractivity contribution in [2.24, 2.45) is 0 Å². The summed E-state index contributed by atoms with van der Waals surface area (Å²) in [5.41, 5.74) is 3.09. The summed E-state index contributed by atoms with van der Waals surface area (Å²) >= 11 is 0. The first kappa shape index (κ1) is 17.2. The molecule has 3 aromatic rings. The van der Waals surface area contributed by atoms with Crippen LogP contribution in [0.3, 0.4) is 0 Å². The highest BCUT2D eigenvalue weighted by Gasteiger charge is 2.04. The zero-order valence-corrected chi connectivity index (χ0v) is 14.4. The number of benzene rings is 1. The topological polar surface area (TPSA) is 60.2 Å². The van der Waals surface area contributed by atoms with Gasteiger partial charge in [-0.3, -0.25) is 4.98 Å². The van der Waals surface area contributed by atoms with Crippen molar-refractivity contribution in [1.29, 1.82) is 0 Å². The lowest BCUT2D eigenvalue weighted by Gasteiger charge is -2.08. The van der Waals surface area contributed by atoms with Crippen LogP contribution in [0.5, 0.6) is 5.75 Å². The molecule has 5 nitrogen and oxygen atoms in total.